The first-order valence-electron chi connectivity index (χ1n) is 4.97. The van der Waals surface area contributed by atoms with E-state index in [0.29, 0.717) is 11.4 Å². The van der Waals surface area contributed by atoms with Crippen molar-refractivity contribution in [3.05, 3.63) is 40.8 Å². The number of thiophene rings is 1. The van der Waals surface area contributed by atoms with Crippen LogP contribution in [-0.4, -0.2) is 21.9 Å². The molecule has 0 spiro atoms. The largest absolute Gasteiger partial charge is 0.457 e. The van der Waals surface area contributed by atoms with Gasteiger partial charge < -0.3 is 4.74 Å². The minimum absolute atomic E-state index is 0.186. The van der Waals surface area contributed by atoms with Crippen molar-refractivity contribution in [3.8, 4) is 0 Å². The van der Waals surface area contributed by atoms with Gasteiger partial charge in [0.2, 0.25) is 0 Å². The lowest BCUT2D eigenvalue weighted by atomic mass is 10.4. The third-order valence-electron chi connectivity index (χ3n) is 2.03. The average molecular weight is 236 g/mol. The molecule has 1 atom stereocenters. The summed E-state index contributed by atoms with van der Waals surface area (Å²) in [7, 11) is 0. The van der Waals surface area contributed by atoms with Crippen molar-refractivity contribution >= 4 is 17.3 Å². The van der Waals surface area contributed by atoms with Crippen LogP contribution in [0.1, 0.15) is 16.6 Å². The second-order valence-corrected chi connectivity index (χ2v) is 4.37. The van der Waals surface area contributed by atoms with E-state index in [0.717, 1.165) is 0 Å². The standard InChI is InChI=1S/C11H12N2O2S/c1-9(8-13-6-3-5-12-13)15-11(14)10-4-2-7-16-10/h2-7,9H,8H2,1H3. The number of aromatic nitrogens is 2. The highest BCUT2D eigenvalue weighted by atomic mass is 32.1. The Morgan fingerprint density at radius 3 is 3.12 bits per heavy atom. The summed E-state index contributed by atoms with van der Waals surface area (Å²) in [6.07, 6.45) is 3.36. The Bertz CT molecular complexity index is 437. The molecule has 2 aromatic rings. The monoisotopic (exact) mass is 236 g/mol. The summed E-state index contributed by atoms with van der Waals surface area (Å²) in [5.41, 5.74) is 0. The van der Waals surface area contributed by atoms with E-state index in [4.69, 9.17) is 4.74 Å². The molecule has 0 aromatic carbocycles. The van der Waals surface area contributed by atoms with Crippen LogP contribution >= 0.6 is 11.3 Å². The molecule has 2 heterocycles. The molecule has 0 amide bonds. The van der Waals surface area contributed by atoms with Crippen LogP contribution in [0.3, 0.4) is 0 Å². The van der Waals surface area contributed by atoms with Crippen molar-refractivity contribution in [2.45, 2.75) is 19.6 Å². The maximum atomic E-state index is 11.6. The molecule has 0 bridgehead atoms. The molecule has 84 valence electrons. The number of hydrogen-bond acceptors (Lipinski definition) is 4. The molecule has 0 radical (unpaired) electrons. The third kappa shape index (κ3) is 2.70. The van der Waals surface area contributed by atoms with Gasteiger partial charge in [-0.15, -0.1) is 11.3 Å². The molecule has 0 N–H and O–H groups in total. The zero-order valence-electron chi connectivity index (χ0n) is 8.87. The lowest BCUT2D eigenvalue weighted by molar-refractivity contribution is 0.0304. The summed E-state index contributed by atoms with van der Waals surface area (Å²) >= 11 is 1.38. The van der Waals surface area contributed by atoms with Gasteiger partial charge in [0.05, 0.1) is 6.54 Å². The Morgan fingerprint density at radius 2 is 2.50 bits per heavy atom. The van der Waals surface area contributed by atoms with E-state index < -0.39 is 0 Å². The molecule has 2 rings (SSSR count). The molecule has 0 saturated heterocycles. The Hall–Kier alpha value is -1.62. The normalized spacial score (nSPS) is 12.3. The summed E-state index contributed by atoms with van der Waals surface area (Å²) in [4.78, 5) is 12.2. The van der Waals surface area contributed by atoms with E-state index in [9.17, 15) is 4.79 Å². The van der Waals surface area contributed by atoms with E-state index in [2.05, 4.69) is 5.10 Å². The van der Waals surface area contributed by atoms with E-state index in [-0.39, 0.29) is 12.1 Å². The molecule has 0 aliphatic rings. The molecule has 16 heavy (non-hydrogen) atoms. The van der Waals surface area contributed by atoms with Crippen molar-refractivity contribution in [3.63, 3.8) is 0 Å². The Labute approximate surface area is 97.5 Å². The second-order valence-electron chi connectivity index (χ2n) is 3.42. The average Bonchev–Trinajstić information content (AvgIpc) is 2.88. The van der Waals surface area contributed by atoms with Crippen molar-refractivity contribution in [2.24, 2.45) is 0 Å². The van der Waals surface area contributed by atoms with Crippen LogP contribution in [0.2, 0.25) is 0 Å². The highest BCUT2D eigenvalue weighted by Gasteiger charge is 2.13. The highest BCUT2D eigenvalue weighted by Crippen LogP contribution is 2.11. The number of nitrogens with zero attached hydrogens (tertiary/aromatic N) is 2. The number of hydrogen-bond donors (Lipinski definition) is 0. The summed E-state index contributed by atoms with van der Waals surface area (Å²) in [5.74, 6) is -0.269. The summed E-state index contributed by atoms with van der Waals surface area (Å²) in [6.45, 7) is 2.43. The number of esters is 1. The van der Waals surface area contributed by atoms with Crippen LogP contribution in [0, 0.1) is 0 Å². The van der Waals surface area contributed by atoms with Gasteiger partial charge in [0.25, 0.3) is 0 Å². The van der Waals surface area contributed by atoms with Gasteiger partial charge in [-0.05, 0) is 24.4 Å². The predicted molar refractivity (Wildman–Crippen MR) is 61.4 cm³/mol. The van der Waals surface area contributed by atoms with E-state index in [1.54, 1.807) is 16.9 Å². The molecule has 0 fully saturated rings. The van der Waals surface area contributed by atoms with Gasteiger partial charge >= 0.3 is 5.97 Å². The van der Waals surface area contributed by atoms with Gasteiger partial charge in [0.1, 0.15) is 11.0 Å². The lowest BCUT2D eigenvalue weighted by Gasteiger charge is -2.12. The number of rotatable bonds is 4. The van der Waals surface area contributed by atoms with Gasteiger partial charge in [-0.25, -0.2) is 4.79 Å². The van der Waals surface area contributed by atoms with Crippen LogP contribution in [0.25, 0.3) is 0 Å². The maximum absolute atomic E-state index is 11.6. The smallest absolute Gasteiger partial charge is 0.348 e. The Balaban J connectivity index is 1.88. The molecule has 0 aliphatic carbocycles. The first-order valence-corrected chi connectivity index (χ1v) is 5.85. The number of carbonyl (C=O) groups excluding carboxylic acids is 1. The summed E-state index contributed by atoms with van der Waals surface area (Å²) < 4.78 is 7.02. The molecule has 0 aliphatic heterocycles. The van der Waals surface area contributed by atoms with E-state index >= 15 is 0 Å². The van der Waals surface area contributed by atoms with Gasteiger partial charge in [-0.3, -0.25) is 4.68 Å². The molecule has 2 aromatic heterocycles. The SMILES string of the molecule is CC(Cn1cccn1)OC(=O)c1cccs1. The van der Waals surface area contributed by atoms with Crippen molar-refractivity contribution in [1.82, 2.24) is 9.78 Å². The second kappa shape index (κ2) is 4.94. The minimum Gasteiger partial charge on any atom is -0.457 e. The van der Waals surface area contributed by atoms with Crippen LogP contribution < -0.4 is 0 Å². The Kier molecular flexibility index (Phi) is 3.36. The fourth-order valence-corrected chi connectivity index (χ4v) is 1.95. The minimum atomic E-state index is -0.269. The van der Waals surface area contributed by atoms with E-state index in [1.165, 1.54) is 11.3 Å². The zero-order chi connectivity index (χ0) is 11.4. The topological polar surface area (TPSA) is 44.1 Å². The molecular formula is C11H12N2O2S. The quantitative estimate of drug-likeness (QED) is 0.764. The highest BCUT2D eigenvalue weighted by molar-refractivity contribution is 7.11. The molecular weight excluding hydrogens is 224 g/mol. The van der Waals surface area contributed by atoms with Gasteiger partial charge in [0, 0.05) is 12.4 Å². The summed E-state index contributed by atoms with van der Waals surface area (Å²) in [6, 6.07) is 5.43. The number of carbonyl (C=O) groups is 1. The lowest BCUT2D eigenvalue weighted by Crippen LogP contribution is -2.20. The first kappa shape index (κ1) is 10.9. The van der Waals surface area contributed by atoms with E-state index in [1.807, 2.05) is 30.6 Å². The van der Waals surface area contributed by atoms with Crippen molar-refractivity contribution in [2.75, 3.05) is 0 Å². The fraction of sp³-hybridized carbons (Fsp3) is 0.273. The first-order chi connectivity index (χ1) is 7.75. The van der Waals surface area contributed by atoms with Crippen molar-refractivity contribution < 1.29 is 9.53 Å². The van der Waals surface area contributed by atoms with Gasteiger partial charge in [0.15, 0.2) is 0 Å². The maximum Gasteiger partial charge on any atom is 0.348 e. The Morgan fingerprint density at radius 1 is 1.62 bits per heavy atom. The molecule has 5 heteroatoms. The van der Waals surface area contributed by atoms with Crippen LogP contribution in [0.4, 0.5) is 0 Å². The molecule has 0 saturated carbocycles. The van der Waals surface area contributed by atoms with Crippen LogP contribution in [-0.2, 0) is 11.3 Å². The predicted octanol–water partition coefficient (Wildman–Crippen LogP) is 2.19. The third-order valence-corrected chi connectivity index (χ3v) is 2.88. The molecule has 4 nitrogen and oxygen atoms in total. The fourth-order valence-electron chi connectivity index (χ4n) is 1.34. The molecule has 1 unspecified atom stereocenters. The van der Waals surface area contributed by atoms with Crippen LogP contribution in [0.5, 0.6) is 0 Å². The van der Waals surface area contributed by atoms with Crippen LogP contribution in [0.15, 0.2) is 36.0 Å². The zero-order valence-corrected chi connectivity index (χ0v) is 9.68. The number of ether oxygens (including phenoxy) is 1. The summed E-state index contributed by atoms with van der Waals surface area (Å²) in [5, 5.41) is 5.91. The van der Waals surface area contributed by atoms with Gasteiger partial charge in [-0.2, -0.15) is 5.10 Å². The van der Waals surface area contributed by atoms with Gasteiger partial charge in [-0.1, -0.05) is 6.07 Å². The van der Waals surface area contributed by atoms with Crippen molar-refractivity contribution in [1.29, 1.82) is 0 Å².